The quantitative estimate of drug-likeness (QED) is 0.832. The van der Waals surface area contributed by atoms with Crippen molar-refractivity contribution in [2.24, 2.45) is 0 Å². The highest BCUT2D eigenvalue weighted by molar-refractivity contribution is 5.53. The van der Waals surface area contributed by atoms with Gasteiger partial charge >= 0.3 is 0 Å². The third-order valence-electron chi connectivity index (χ3n) is 2.91. The minimum absolute atomic E-state index is 0.547. The first-order valence-electron chi connectivity index (χ1n) is 5.50. The molecular weight excluding hydrogens is 200 g/mol. The van der Waals surface area contributed by atoms with Gasteiger partial charge in [-0.1, -0.05) is 0 Å². The Morgan fingerprint density at radius 2 is 2.19 bits per heavy atom. The molecule has 0 bridgehead atoms. The maximum absolute atomic E-state index is 5.86. The minimum Gasteiger partial charge on any atom is -0.382 e. The largest absolute Gasteiger partial charge is 0.382 e. The van der Waals surface area contributed by atoms with Crippen molar-refractivity contribution in [3.8, 4) is 5.69 Å². The van der Waals surface area contributed by atoms with Gasteiger partial charge in [0.05, 0.1) is 17.7 Å². The Morgan fingerprint density at radius 3 is 2.94 bits per heavy atom. The number of hydrogen-bond donors (Lipinski definition) is 1. The first kappa shape index (κ1) is 9.39. The number of aromatic nitrogens is 3. The van der Waals surface area contributed by atoms with Gasteiger partial charge in [-0.2, -0.15) is 0 Å². The van der Waals surface area contributed by atoms with E-state index >= 15 is 0 Å². The van der Waals surface area contributed by atoms with E-state index in [1.807, 2.05) is 23.9 Å². The average molecular weight is 214 g/mol. The third-order valence-corrected chi connectivity index (χ3v) is 2.91. The second kappa shape index (κ2) is 3.33. The molecule has 1 aliphatic carbocycles. The molecule has 0 unspecified atom stereocenters. The van der Waals surface area contributed by atoms with Gasteiger partial charge in [0.25, 0.3) is 0 Å². The molecule has 0 saturated heterocycles. The Kier molecular flexibility index (Phi) is 1.96. The van der Waals surface area contributed by atoms with Gasteiger partial charge in [0.15, 0.2) is 0 Å². The zero-order valence-corrected chi connectivity index (χ0v) is 9.22. The summed E-state index contributed by atoms with van der Waals surface area (Å²) in [6.07, 6.45) is 8.18. The number of nitrogens with zero attached hydrogens (tertiary/aromatic N) is 3. The summed E-state index contributed by atoms with van der Waals surface area (Å²) in [6, 6.07) is 2.03. The summed E-state index contributed by atoms with van der Waals surface area (Å²) >= 11 is 0. The van der Waals surface area contributed by atoms with E-state index in [-0.39, 0.29) is 0 Å². The van der Waals surface area contributed by atoms with Gasteiger partial charge in [0.1, 0.15) is 5.82 Å². The zero-order valence-electron chi connectivity index (χ0n) is 9.22. The van der Waals surface area contributed by atoms with Crippen LogP contribution in [-0.2, 0) is 0 Å². The van der Waals surface area contributed by atoms with E-state index in [9.17, 15) is 0 Å². The van der Waals surface area contributed by atoms with Crippen LogP contribution in [0.15, 0.2) is 24.8 Å². The highest BCUT2D eigenvalue weighted by Gasteiger charge is 2.25. The van der Waals surface area contributed by atoms with Crippen LogP contribution < -0.4 is 5.73 Å². The molecule has 3 rings (SSSR count). The summed E-state index contributed by atoms with van der Waals surface area (Å²) in [5, 5.41) is 0. The molecule has 0 aromatic carbocycles. The van der Waals surface area contributed by atoms with Crippen LogP contribution in [0, 0.1) is 6.92 Å². The number of imidazole rings is 1. The smallest absolute Gasteiger partial charge is 0.147 e. The van der Waals surface area contributed by atoms with E-state index in [1.54, 1.807) is 6.20 Å². The van der Waals surface area contributed by atoms with Crippen molar-refractivity contribution in [2.45, 2.75) is 25.7 Å². The standard InChI is InChI=1S/C12H14N4/c1-8-4-11(12(13)14-5-8)16-6-10(15-7-16)9-2-3-9/h4-7,9H,2-3H2,1H3,(H2,13,14). The molecule has 0 amide bonds. The highest BCUT2D eigenvalue weighted by Crippen LogP contribution is 2.39. The summed E-state index contributed by atoms with van der Waals surface area (Å²) in [7, 11) is 0. The van der Waals surface area contributed by atoms with Crippen molar-refractivity contribution in [2.75, 3.05) is 5.73 Å². The first-order chi connectivity index (χ1) is 7.74. The summed E-state index contributed by atoms with van der Waals surface area (Å²) < 4.78 is 1.96. The van der Waals surface area contributed by atoms with Crippen molar-refractivity contribution in [1.29, 1.82) is 0 Å². The molecular formula is C12H14N4. The number of nitrogen functional groups attached to an aromatic ring is 1. The lowest BCUT2D eigenvalue weighted by Gasteiger charge is -2.05. The summed E-state index contributed by atoms with van der Waals surface area (Å²) in [6.45, 7) is 2.01. The predicted octanol–water partition coefficient (Wildman–Crippen LogP) is 2.04. The maximum atomic E-state index is 5.86. The summed E-state index contributed by atoms with van der Waals surface area (Å²) in [5.74, 6) is 1.21. The van der Waals surface area contributed by atoms with E-state index < -0.39 is 0 Å². The van der Waals surface area contributed by atoms with Crippen LogP contribution in [0.3, 0.4) is 0 Å². The Hall–Kier alpha value is -1.84. The third kappa shape index (κ3) is 1.56. The fourth-order valence-electron chi connectivity index (χ4n) is 1.83. The summed E-state index contributed by atoms with van der Waals surface area (Å²) in [5.41, 5.74) is 9.05. The molecule has 1 fully saturated rings. The lowest BCUT2D eigenvalue weighted by molar-refractivity contribution is 1.04. The van der Waals surface area contributed by atoms with Crippen molar-refractivity contribution in [1.82, 2.24) is 14.5 Å². The van der Waals surface area contributed by atoms with Crippen LogP contribution in [0.5, 0.6) is 0 Å². The number of pyridine rings is 1. The molecule has 0 radical (unpaired) electrons. The fourth-order valence-corrected chi connectivity index (χ4v) is 1.83. The van der Waals surface area contributed by atoms with Crippen molar-refractivity contribution < 1.29 is 0 Å². The van der Waals surface area contributed by atoms with E-state index in [1.165, 1.54) is 18.5 Å². The molecule has 4 nitrogen and oxygen atoms in total. The van der Waals surface area contributed by atoms with Crippen molar-refractivity contribution >= 4 is 5.82 Å². The van der Waals surface area contributed by atoms with Crippen LogP contribution in [0.25, 0.3) is 5.69 Å². The van der Waals surface area contributed by atoms with E-state index in [2.05, 4.69) is 16.2 Å². The van der Waals surface area contributed by atoms with Gasteiger partial charge < -0.3 is 10.3 Å². The molecule has 1 saturated carbocycles. The average Bonchev–Trinajstić information content (AvgIpc) is 3.01. The van der Waals surface area contributed by atoms with Gasteiger partial charge in [0, 0.05) is 18.3 Å². The van der Waals surface area contributed by atoms with Crippen LogP contribution >= 0.6 is 0 Å². The van der Waals surface area contributed by atoms with Crippen molar-refractivity contribution in [3.63, 3.8) is 0 Å². The second-order valence-corrected chi connectivity index (χ2v) is 4.40. The SMILES string of the molecule is Cc1cnc(N)c(-n2cnc(C3CC3)c2)c1. The number of anilines is 1. The van der Waals surface area contributed by atoms with Crippen LogP contribution in [0.1, 0.15) is 30.0 Å². The summed E-state index contributed by atoms with van der Waals surface area (Å²) in [4.78, 5) is 8.56. The van der Waals surface area contributed by atoms with E-state index in [4.69, 9.17) is 5.73 Å². The van der Waals surface area contributed by atoms with E-state index in [0.717, 1.165) is 11.3 Å². The second-order valence-electron chi connectivity index (χ2n) is 4.40. The van der Waals surface area contributed by atoms with Gasteiger partial charge in [0.2, 0.25) is 0 Å². The van der Waals surface area contributed by atoms with Gasteiger partial charge in [-0.15, -0.1) is 0 Å². The monoisotopic (exact) mass is 214 g/mol. The lowest BCUT2D eigenvalue weighted by Crippen LogP contribution is -2.00. The molecule has 1 aliphatic rings. The molecule has 2 N–H and O–H groups in total. The van der Waals surface area contributed by atoms with Gasteiger partial charge in [-0.3, -0.25) is 0 Å². The molecule has 0 atom stereocenters. The fraction of sp³-hybridized carbons (Fsp3) is 0.333. The number of aryl methyl sites for hydroxylation is 1. The van der Waals surface area contributed by atoms with Gasteiger partial charge in [-0.25, -0.2) is 9.97 Å². The van der Waals surface area contributed by atoms with E-state index in [0.29, 0.717) is 11.7 Å². The Balaban J connectivity index is 2.03. The Labute approximate surface area is 94.1 Å². The molecule has 16 heavy (non-hydrogen) atoms. The molecule has 4 heteroatoms. The van der Waals surface area contributed by atoms with Crippen LogP contribution in [-0.4, -0.2) is 14.5 Å². The predicted molar refractivity (Wildman–Crippen MR) is 62.5 cm³/mol. The molecule has 2 aromatic heterocycles. The highest BCUT2D eigenvalue weighted by atomic mass is 15.1. The Bertz CT molecular complexity index is 526. The minimum atomic E-state index is 0.547. The molecule has 0 spiro atoms. The van der Waals surface area contributed by atoms with Crippen LogP contribution in [0.2, 0.25) is 0 Å². The maximum Gasteiger partial charge on any atom is 0.147 e. The topological polar surface area (TPSA) is 56.7 Å². The molecule has 0 aliphatic heterocycles. The molecule has 2 heterocycles. The normalized spacial score (nSPS) is 15.3. The zero-order chi connectivity index (χ0) is 11.1. The molecule has 2 aromatic rings. The lowest BCUT2D eigenvalue weighted by atomic mass is 10.2. The first-order valence-corrected chi connectivity index (χ1v) is 5.50. The van der Waals surface area contributed by atoms with Gasteiger partial charge in [-0.05, 0) is 31.4 Å². The number of nitrogens with two attached hydrogens (primary N) is 1. The number of hydrogen-bond acceptors (Lipinski definition) is 3. The van der Waals surface area contributed by atoms with Crippen LogP contribution in [0.4, 0.5) is 5.82 Å². The van der Waals surface area contributed by atoms with Crippen molar-refractivity contribution in [3.05, 3.63) is 36.0 Å². The Morgan fingerprint density at radius 1 is 1.38 bits per heavy atom. The number of rotatable bonds is 2. The molecule has 82 valence electrons.